The molecule has 0 saturated heterocycles. The molecule has 0 bridgehead atoms. The lowest BCUT2D eigenvalue weighted by molar-refractivity contribution is 1.43. The van der Waals surface area contributed by atoms with Gasteiger partial charge in [-0.15, -0.1) is 0 Å². The SMILES string of the molecule is CC=C/C=C\CC=N. The van der Waals surface area contributed by atoms with Crippen molar-refractivity contribution in [2.45, 2.75) is 13.3 Å². The van der Waals surface area contributed by atoms with Crippen LogP contribution in [0.25, 0.3) is 0 Å². The molecule has 8 heavy (non-hydrogen) atoms. The van der Waals surface area contributed by atoms with Gasteiger partial charge in [-0.05, 0) is 13.1 Å². The van der Waals surface area contributed by atoms with Crippen molar-refractivity contribution in [1.82, 2.24) is 0 Å². The maximum absolute atomic E-state index is 6.64. The van der Waals surface area contributed by atoms with E-state index in [2.05, 4.69) is 0 Å². The molecule has 0 rings (SSSR count). The van der Waals surface area contributed by atoms with E-state index in [0.717, 1.165) is 6.42 Å². The molecule has 0 saturated carbocycles. The van der Waals surface area contributed by atoms with E-state index < -0.39 is 0 Å². The number of rotatable bonds is 3. The van der Waals surface area contributed by atoms with Crippen molar-refractivity contribution >= 4 is 6.21 Å². The lowest BCUT2D eigenvalue weighted by Crippen LogP contribution is -1.61. The van der Waals surface area contributed by atoms with E-state index in [1.54, 1.807) is 0 Å². The fraction of sp³-hybridized carbons (Fsp3) is 0.286. The highest BCUT2D eigenvalue weighted by molar-refractivity contribution is 5.55. The Labute approximate surface area is 50.2 Å². The highest BCUT2D eigenvalue weighted by Gasteiger charge is 1.62. The lowest BCUT2D eigenvalue weighted by Gasteiger charge is -1.72. The molecule has 0 aromatic heterocycles. The van der Waals surface area contributed by atoms with Crippen molar-refractivity contribution in [3.05, 3.63) is 24.3 Å². The van der Waals surface area contributed by atoms with Crippen molar-refractivity contribution in [3.63, 3.8) is 0 Å². The van der Waals surface area contributed by atoms with Crippen molar-refractivity contribution in [2.75, 3.05) is 0 Å². The summed E-state index contributed by atoms with van der Waals surface area (Å²) in [7, 11) is 0. The third kappa shape index (κ3) is 5.15. The zero-order chi connectivity index (χ0) is 6.24. The Balaban J connectivity index is 3.19. The monoisotopic (exact) mass is 109 g/mol. The van der Waals surface area contributed by atoms with Gasteiger partial charge in [0.1, 0.15) is 0 Å². The van der Waals surface area contributed by atoms with Gasteiger partial charge in [0, 0.05) is 6.42 Å². The van der Waals surface area contributed by atoms with Crippen LogP contribution in [0.15, 0.2) is 24.3 Å². The molecule has 0 aromatic carbocycles. The molecule has 0 aliphatic heterocycles. The molecule has 0 aliphatic carbocycles. The number of hydrogen-bond acceptors (Lipinski definition) is 1. The molecule has 44 valence electrons. The van der Waals surface area contributed by atoms with Crippen LogP contribution in [0.4, 0.5) is 0 Å². The van der Waals surface area contributed by atoms with Crippen LogP contribution in [0.5, 0.6) is 0 Å². The fourth-order valence-corrected chi connectivity index (χ4v) is 0.336. The van der Waals surface area contributed by atoms with E-state index in [1.807, 2.05) is 31.2 Å². The average molecular weight is 109 g/mol. The summed E-state index contributed by atoms with van der Waals surface area (Å²) in [5, 5.41) is 6.64. The zero-order valence-electron chi connectivity index (χ0n) is 5.09. The van der Waals surface area contributed by atoms with Crippen LogP contribution in [-0.2, 0) is 0 Å². The minimum absolute atomic E-state index is 0.740. The van der Waals surface area contributed by atoms with E-state index in [4.69, 9.17) is 5.41 Å². The van der Waals surface area contributed by atoms with Gasteiger partial charge >= 0.3 is 0 Å². The van der Waals surface area contributed by atoms with Gasteiger partial charge in [0.05, 0.1) is 0 Å². The molecule has 0 unspecified atom stereocenters. The van der Waals surface area contributed by atoms with Crippen molar-refractivity contribution in [2.24, 2.45) is 0 Å². The summed E-state index contributed by atoms with van der Waals surface area (Å²) >= 11 is 0. The van der Waals surface area contributed by atoms with E-state index in [0.29, 0.717) is 0 Å². The highest BCUT2D eigenvalue weighted by Crippen LogP contribution is 1.78. The van der Waals surface area contributed by atoms with Gasteiger partial charge in [0.2, 0.25) is 0 Å². The Bertz CT molecular complexity index is 101. The van der Waals surface area contributed by atoms with Gasteiger partial charge < -0.3 is 5.41 Å². The second kappa shape index (κ2) is 6.15. The van der Waals surface area contributed by atoms with Crippen molar-refractivity contribution in [1.29, 1.82) is 5.41 Å². The number of allylic oxidation sites excluding steroid dienone is 4. The maximum Gasteiger partial charge on any atom is 0.000294 e. The molecule has 1 nitrogen and oxygen atoms in total. The van der Waals surface area contributed by atoms with Crippen LogP contribution in [0, 0.1) is 5.41 Å². The van der Waals surface area contributed by atoms with Crippen LogP contribution in [0.3, 0.4) is 0 Å². The molecule has 0 radical (unpaired) electrons. The van der Waals surface area contributed by atoms with Gasteiger partial charge in [-0.25, -0.2) is 0 Å². The molecule has 0 atom stereocenters. The predicted octanol–water partition coefficient (Wildman–Crippen LogP) is 2.16. The van der Waals surface area contributed by atoms with E-state index in [-0.39, 0.29) is 0 Å². The first-order valence-corrected chi connectivity index (χ1v) is 2.68. The molecule has 1 N–H and O–H groups in total. The van der Waals surface area contributed by atoms with Crippen LogP contribution >= 0.6 is 0 Å². The molecular weight excluding hydrogens is 98.1 g/mol. The van der Waals surface area contributed by atoms with Crippen LogP contribution in [0.2, 0.25) is 0 Å². The molecular formula is C7H11N. The maximum atomic E-state index is 6.64. The smallest absolute Gasteiger partial charge is 0.000294 e. The van der Waals surface area contributed by atoms with Gasteiger partial charge in [-0.2, -0.15) is 0 Å². The topological polar surface area (TPSA) is 23.9 Å². The summed E-state index contributed by atoms with van der Waals surface area (Å²) < 4.78 is 0. The standard InChI is InChI=1S/C7H11N/c1-2-3-4-5-6-7-8/h2-5,7-8H,6H2,1H3/b3-2?,5-4-,8-7?. The Kier molecular flexibility index (Phi) is 5.50. The first-order chi connectivity index (χ1) is 3.91. The van der Waals surface area contributed by atoms with Crippen LogP contribution in [0.1, 0.15) is 13.3 Å². The van der Waals surface area contributed by atoms with Gasteiger partial charge in [-0.3, -0.25) is 0 Å². The second-order valence-electron chi connectivity index (χ2n) is 1.39. The molecule has 0 spiro atoms. The first-order valence-electron chi connectivity index (χ1n) is 2.68. The van der Waals surface area contributed by atoms with Crippen molar-refractivity contribution in [3.8, 4) is 0 Å². The Morgan fingerprint density at radius 2 is 2.12 bits per heavy atom. The third-order valence-electron chi connectivity index (χ3n) is 0.694. The molecule has 0 aliphatic rings. The Morgan fingerprint density at radius 1 is 1.38 bits per heavy atom. The summed E-state index contributed by atoms with van der Waals surface area (Å²) in [6.45, 7) is 1.97. The molecule has 0 fully saturated rings. The zero-order valence-corrected chi connectivity index (χ0v) is 5.09. The molecule has 0 amide bonds. The van der Waals surface area contributed by atoms with E-state index >= 15 is 0 Å². The number of hydrogen-bond donors (Lipinski definition) is 1. The summed E-state index contributed by atoms with van der Waals surface area (Å²) in [5.41, 5.74) is 0. The fourth-order valence-electron chi connectivity index (χ4n) is 0.336. The predicted molar refractivity (Wildman–Crippen MR) is 37.4 cm³/mol. The summed E-state index contributed by atoms with van der Waals surface area (Å²) in [6, 6.07) is 0. The van der Waals surface area contributed by atoms with Crippen LogP contribution < -0.4 is 0 Å². The quantitative estimate of drug-likeness (QED) is 0.424. The van der Waals surface area contributed by atoms with E-state index in [9.17, 15) is 0 Å². The number of nitrogens with one attached hydrogen (secondary N) is 1. The molecule has 1 heteroatoms. The minimum atomic E-state index is 0.740. The minimum Gasteiger partial charge on any atom is -0.313 e. The van der Waals surface area contributed by atoms with Gasteiger partial charge in [0.15, 0.2) is 0 Å². The lowest BCUT2D eigenvalue weighted by atomic mass is 10.4. The summed E-state index contributed by atoms with van der Waals surface area (Å²) in [6.07, 6.45) is 9.90. The first kappa shape index (κ1) is 7.15. The molecule has 0 aromatic rings. The normalized spacial score (nSPS) is 11.1. The highest BCUT2D eigenvalue weighted by atomic mass is 14.3. The molecule has 0 heterocycles. The summed E-state index contributed by atoms with van der Waals surface area (Å²) in [4.78, 5) is 0. The Hall–Kier alpha value is -0.850. The largest absolute Gasteiger partial charge is 0.313 e. The second-order valence-corrected chi connectivity index (χ2v) is 1.39. The van der Waals surface area contributed by atoms with Gasteiger partial charge in [-0.1, -0.05) is 24.3 Å². The third-order valence-corrected chi connectivity index (χ3v) is 0.694. The van der Waals surface area contributed by atoms with Crippen LogP contribution in [-0.4, -0.2) is 6.21 Å². The van der Waals surface area contributed by atoms with E-state index in [1.165, 1.54) is 6.21 Å². The van der Waals surface area contributed by atoms with Crippen molar-refractivity contribution < 1.29 is 0 Å². The Morgan fingerprint density at radius 3 is 2.62 bits per heavy atom. The summed E-state index contributed by atoms with van der Waals surface area (Å²) in [5.74, 6) is 0. The van der Waals surface area contributed by atoms with Gasteiger partial charge in [0.25, 0.3) is 0 Å². The average Bonchev–Trinajstić information content (AvgIpc) is 1.81.